The molecule has 0 radical (unpaired) electrons. The highest BCUT2D eigenvalue weighted by atomic mass is 79.9. The van der Waals surface area contributed by atoms with Crippen LogP contribution in [0.4, 0.5) is 20.6 Å². The van der Waals surface area contributed by atoms with Gasteiger partial charge in [0, 0.05) is 15.8 Å². The van der Waals surface area contributed by atoms with E-state index in [1.807, 2.05) is 0 Å². The number of furan rings is 1. The van der Waals surface area contributed by atoms with Gasteiger partial charge in [0.15, 0.2) is 0 Å². The number of anilines is 2. The van der Waals surface area contributed by atoms with Crippen LogP contribution in [0.15, 0.2) is 69.8 Å². The van der Waals surface area contributed by atoms with Gasteiger partial charge < -0.3 is 20.4 Å². The summed E-state index contributed by atoms with van der Waals surface area (Å²) in [6.45, 7) is 0.277. The number of amides is 3. The Kier molecular flexibility index (Phi) is 5.87. The maximum atomic E-state index is 13.1. The second-order valence-electron chi connectivity index (χ2n) is 5.54. The lowest BCUT2D eigenvalue weighted by Crippen LogP contribution is -2.27. The highest BCUT2D eigenvalue weighted by Gasteiger charge is 2.11. The number of carbonyl (C=O) groups excluding carboxylic acids is 2. The van der Waals surface area contributed by atoms with Crippen LogP contribution in [0.1, 0.15) is 16.1 Å². The summed E-state index contributed by atoms with van der Waals surface area (Å²) >= 11 is 3.17. The van der Waals surface area contributed by atoms with Gasteiger partial charge in [-0.2, -0.15) is 0 Å². The normalized spacial score (nSPS) is 10.3. The summed E-state index contributed by atoms with van der Waals surface area (Å²) in [6, 6.07) is 13.6. The van der Waals surface area contributed by atoms with Gasteiger partial charge in [-0.1, -0.05) is 0 Å². The fourth-order valence-electron chi connectivity index (χ4n) is 2.26. The number of carbonyl (C=O) groups is 2. The predicted molar refractivity (Wildman–Crippen MR) is 103 cm³/mol. The average molecular weight is 432 g/mol. The van der Waals surface area contributed by atoms with E-state index in [9.17, 15) is 14.0 Å². The van der Waals surface area contributed by atoms with Crippen molar-refractivity contribution in [1.29, 1.82) is 0 Å². The molecule has 0 atom stereocenters. The maximum absolute atomic E-state index is 13.1. The summed E-state index contributed by atoms with van der Waals surface area (Å²) in [5.41, 5.74) is 1.42. The summed E-state index contributed by atoms with van der Waals surface area (Å²) in [4.78, 5) is 24.1. The average Bonchev–Trinajstić information content (AvgIpc) is 3.15. The molecule has 0 aliphatic carbocycles. The van der Waals surface area contributed by atoms with E-state index in [0.717, 1.165) is 0 Å². The van der Waals surface area contributed by atoms with E-state index in [1.165, 1.54) is 24.5 Å². The van der Waals surface area contributed by atoms with E-state index in [4.69, 9.17) is 4.42 Å². The molecule has 0 saturated heterocycles. The lowest BCUT2D eigenvalue weighted by molar-refractivity contribution is 0.102. The topological polar surface area (TPSA) is 83.4 Å². The van der Waals surface area contributed by atoms with Gasteiger partial charge in [-0.15, -0.1) is 0 Å². The Bertz CT molecular complexity index is 943. The molecule has 3 rings (SSSR count). The molecule has 6 nitrogen and oxygen atoms in total. The summed E-state index contributed by atoms with van der Waals surface area (Å²) in [7, 11) is 0. The number of nitrogens with one attached hydrogen (secondary N) is 3. The number of hydrogen-bond acceptors (Lipinski definition) is 3. The zero-order chi connectivity index (χ0) is 19.2. The smallest absolute Gasteiger partial charge is 0.319 e. The monoisotopic (exact) mass is 431 g/mol. The Labute approximate surface area is 162 Å². The highest BCUT2D eigenvalue weighted by Crippen LogP contribution is 2.20. The predicted octanol–water partition coefficient (Wildman–Crippen LogP) is 4.76. The molecule has 2 aromatic carbocycles. The third-order valence-electron chi connectivity index (χ3n) is 3.58. The molecule has 0 spiro atoms. The molecule has 27 heavy (non-hydrogen) atoms. The third kappa shape index (κ3) is 5.18. The van der Waals surface area contributed by atoms with E-state index >= 15 is 0 Å². The van der Waals surface area contributed by atoms with Gasteiger partial charge in [0.25, 0.3) is 5.91 Å². The Morgan fingerprint density at radius 1 is 1.00 bits per heavy atom. The quantitative estimate of drug-likeness (QED) is 0.544. The first-order valence-corrected chi connectivity index (χ1v) is 8.74. The minimum absolute atomic E-state index is 0.277. The molecule has 1 heterocycles. The number of rotatable bonds is 5. The molecule has 0 unspecified atom stereocenters. The Morgan fingerprint density at radius 3 is 2.33 bits per heavy atom. The van der Waals surface area contributed by atoms with E-state index in [-0.39, 0.29) is 18.5 Å². The second kappa shape index (κ2) is 8.50. The van der Waals surface area contributed by atoms with Crippen molar-refractivity contribution in [2.75, 3.05) is 10.6 Å². The van der Waals surface area contributed by atoms with E-state index in [1.54, 1.807) is 36.4 Å². The molecule has 3 N–H and O–H groups in total. The van der Waals surface area contributed by atoms with Crippen molar-refractivity contribution >= 4 is 39.2 Å². The first-order chi connectivity index (χ1) is 13.0. The first kappa shape index (κ1) is 18.7. The van der Waals surface area contributed by atoms with Crippen molar-refractivity contribution in [3.63, 3.8) is 0 Å². The Hall–Kier alpha value is -3.13. The fourth-order valence-corrected chi connectivity index (χ4v) is 2.80. The molecule has 0 aliphatic rings. The molecule has 3 aromatic rings. The molecule has 138 valence electrons. The summed E-state index contributed by atoms with van der Waals surface area (Å²) in [5, 5.41) is 8.05. The van der Waals surface area contributed by atoms with Gasteiger partial charge in [0.1, 0.15) is 11.6 Å². The van der Waals surface area contributed by atoms with Crippen molar-refractivity contribution in [3.05, 3.63) is 82.5 Å². The first-order valence-electron chi connectivity index (χ1n) is 7.95. The lowest BCUT2D eigenvalue weighted by atomic mass is 10.2. The highest BCUT2D eigenvalue weighted by molar-refractivity contribution is 9.10. The number of hydrogen-bond donors (Lipinski definition) is 3. The van der Waals surface area contributed by atoms with Crippen LogP contribution in [-0.2, 0) is 6.54 Å². The summed E-state index contributed by atoms with van der Waals surface area (Å²) in [6.07, 6.45) is 1.53. The minimum Gasteiger partial charge on any atom is -0.467 e. The van der Waals surface area contributed by atoms with Crippen LogP contribution in [0.2, 0.25) is 0 Å². The van der Waals surface area contributed by atoms with E-state index < -0.39 is 5.82 Å². The zero-order valence-electron chi connectivity index (χ0n) is 14.0. The molecular weight excluding hydrogens is 417 g/mol. The Morgan fingerprint density at radius 2 is 1.70 bits per heavy atom. The number of urea groups is 1. The second-order valence-corrected chi connectivity index (χ2v) is 6.40. The SMILES string of the molecule is O=C(NCc1ccco1)Nc1ccc(NC(=O)c2ccc(F)cc2Br)cc1. The van der Waals surface area contributed by atoms with Crippen molar-refractivity contribution in [2.24, 2.45) is 0 Å². The van der Waals surface area contributed by atoms with Crippen LogP contribution in [0, 0.1) is 5.82 Å². The molecular formula is C19H15BrFN3O3. The lowest BCUT2D eigenvalue weighted by Gasteiger charge is -2.09. The fraction of sp³-hybridized carbons (Fsp3) is 0.0526. The minimum atomic E-state index is -0.431. The van der Waals surface area contributed by atoms with Gasteiger partial charge >= 0.3 is 6.03 Å². The molecule has 0 saturated carbocycles. The number of benzene rings is 2. The van der Waals surface area contributed by atoms with Crippen LogP contribution in [0.5, 0.6) is 0 Å². The molecule has 8 heteroatoms. The molecule has 0 fully saturated rings. The van der Waals surface area contributed by atoms with Crippen LogP contribution in [0.3, 0.4) is 0 Å². The molecule has 0 bridgehead atoms. The van der Waals surface area contributed by atoms with Gasteiger partial charge in [0.05, 0.1) is 18.4 Å². The number of halogens is 2. The van der Waals surface area contributed by atoms with Gasteiger partial charge in [-0.3, -0.25) is 4.79 Å². The molecule has 0 aliphatic heterocycles. The van der Waals surface area contributed by atoms with Gasteiger partial charge in [-0.25, -0.2) is 9.18 Å². The molecule has 1 aromatic heterocycles. The van der Waals surface area contributed by atoms with Crippen LogP contribution in [0.25, 0.3) is 0 Å². The van der Waals surface area contributed by atoms with Gasteiger partial charge in [0.2, 0.25) is 0 Å². The van der Waals surface area contributed by atoms with Crippen molar-refractivity contribution in [3.8, 4) is 0 Å². The van der Waals surface area contributed by atoms with E-state index in [0.29, 0.717) is 27.2 Å². The standard InChI is InChI=1S/C19H15BrFN3O3/c20-17-10-12(21)3-8-16(17)18(25)23-13-4-6-14(7-5-13)24-19(26)22-11-15-2-1-9-27-15/h1-10H,11H2,(H,23,25)(H2,22,24,26). The maximum Gasteiger partial charge on any atom is 0.319 e. The van der Waals surface area contributed by atoms with Crippen LogP contribution >= 0.6 is 15.9 Å². The summed E-state index contributed by atoms with van der Waals surface area (Å²) < 4.78 is 18.6. The molecule has 3 amide bonds. The van der Waals surface area contributed by atoms with Crippen LogP contribution < -0.4 is 16.0 Å². The van der Waals surface area contributed by atoms with Crippen molar-refractivity contribution in [2.45, 2.75) is 6.54 Å². The van der Waals surface area contributed by atoms with Crippen molar-refractivity contribution < 1.29 is 18.4 Å². The van der Waals surface area contributed by atoms with Crippen molar-refractivity contribution in [1.82, 2.24) is 5.32 Å². The largest absolute Gasteiger partial charge is 0.467 e. The van der Waals surface area contributed by atoms with Crippen LogP contribution in [-0.4, -0.2) is 11.9 Å². The van der Waals surface area contributed by atoms with E-state index in [2.05, 4.69) is 31.9 Å². The van der Waals surface area contributed by atoms with Gasteiger partial charge in [-0.05, 0) is 70.5 Å². The summed E-state index contributed by atoms with van der Waals surface area (Å²) in [5.74, 6) is -0.159. The zero-order valence-corrected chi connectivity index (χ0v) is 15.5. The Balaban J connectivity index is 1.55. The third-order valence-corrected chi connectivity index (χ3v) is 4.24.